The number of likely N-dealkylation sites (tertiary alicyclic amines) is 1. The maximum atomic E-state index is 13.9. The molecule has 140 valence electrons. The van der Waals surface area contributed by atoms with Crippen molar-refractivity contribution < 1.29 is 9.18 Å². The third-order valence-corrected chi connectivity index (χ3v) is 4.66. The standard InChI is InChI=1S/C16H25FN6O.HI/c1-21(7-8-22-6-5-20-16(22)24)11-14-9-13(17)10-23(14)12-15-18-3-2-4-19-15;/h2-4,13-14H,5-12H2,1H3,(H,20,24);1H/t13-,14-;/m0./s1. The van der Waals surface area contributed by atoms with Gasteiger partial charge in [-0.2, -0.15) is 0 Å². The zero-order valence-corrected chi connectivity index (χ0v) is 16.8. The molecule has 25 heavy (non-hydrogen) atoms. The Morgan fingerprint density at radius 1 is 1.40 bits per heavy atom. The second kappa shape index (κ2) is 9.58. The monoisotopic (exact) mass is 464 g/mol. The van der Waals surface area contributed by atoms with Crippen molar-refractivity contribution in [2.24, 2.45) is 0 Å². The minimum Gasteiger partial charge on any atom is -0.336 e. The van der Waals surface area contributed by atoms with Crippen LogP contribution in [0.1, 0.15) is 12.2 Å². The molecular formula is C16H26FIN6O. The lowest BCUT2D eigenvalue weighted by Gasteiger charge is -2.28. The average Bonchev–Trinajstić information content (AvgIpc) is 3.12. The molecule has 2 aliphatic heterocycles. The van der Waals surface area contributed by atoms with Crippen molar-refractivity contribution in [2.75, 3.05) is 46.3 Å². The molecule has 2 saturated heterocycles. The van der Waals surface area contributed by atoms with Crippen LogP contribution in [0.5, 0.6) is 0 Å². The minimum absolute atomic E-state index is 0. The van der Waals surface area contributed by atoms with E-state index in [4.69, 9.17) is 0 Å². The molecule has 1 N–H and O–H groups in total. The molecule has 0 aromatic carbocycles. The molecule has 3 rings (SSSR count). The Bertz CT molecular complexity index is 551. The zero-order chi connectivity index (χ0) is 16.9. The summed E-state index contributed by atoms with van der Waals surface area (Å²) in [6.07, 6.45) is 3.18. The summed E-state index contributed by atoms with van der Waals surface area (Å²) in [5.41, 5.74) is 0. The van der Waals surface area contributed by atoms with Crippen molar-refractivity contribution in [1.82, 2.24) is 30.0 Å². The van der Waals surface area contributed by atoms with Crippen LogP contribution in [0.3, 0.4) is 0 Å². The van der Waals surface area contributed by atoms with E-state index < -0.39 is 6.17 Å². The Morgan fingerprint density at radius 3 is 2.84 bits per heavy atom. The van der Waals surface area contributed by atoms with E-state index in [0.717, 1.165) is 32.0 Å². The number of nitrogens with one attached hydrogen (secondary N) is 1. The largest absolute Gasteiger partial charge is 0.336 e. The summed E-state index contributed by atoms with van der Waals surface area (Å²) in [7, 11) is 2.02. The topological polar surface area (TPSA) is 64.6 Å². The number of nitrogens with zero attached hydrogens (tertiary/aromatic N) is 5. The molecule has 2 aliphatic rings. The van der Waals surface area contributed by atoms with E-state index in [0.29, 0.717) is 26.1 Å². The van der Waals surface area contributed by atoms with E-state index in [-0.39, 0.29) is 36.0 Å². The maximum Gasteiger partial charge on any atom is 0.317 e. The smallest absolute Gasteiger partial charge is 0.317 e. The molecule has 2 fully saturated rings. The van der Waals surface area contributed by atoms with Crippen LogP contribution in [0.2, 0.25) is 0 Å². The third kappa shape index (κ3) is 5.71. The van der Waals surface area contributed by atoms with Gasteiger partial charge in [0.05, 0.1) is 6.54 Å². The number of hydrogen-bond donors (Lipinski definition) is 1. The molecule has 9 heteroatoms. The molecule has 1 aromatic heterocycles. The number of amides is 2. The van der Waals surface area contributed by atoms with E-state index in [2.05, 4.69) is 25.1 Å². The quantitative estimate of drug-likeness (QED) is 0.610. The Kier molecular flexibility index (Phi) is 7.76. The highest BCUT2D eigenvalue weighted by Gasteiger charge is 2.33. The Balaban J connectivity index is 0.00000225. The molecule has 2 amide bonds. The van der Waals surface area contributed by atoms with Gasteiger partial charge in [-0.3, -0.25) is 4.90 Å². The van der Waals surface area contributed by atoms with Gasteiger partial charge in [0.1, 0.15) is 12.0 Å². The van der Waals surface area contributed by atoms with Gasteiger partial charge in [-0.15, -0.1) is 24.0 Å². The van der Waals surface area contributed by atoms with Crippen molar-refractivity contribution in [3.63, 3.8) is 0 Å². The van der Waals surface area contributed by atoms with E-state index >= 15 is 0 Å². The number of rotatable bonds is 7. The molecule has 0 radical (unpaired) electrons. The van der Waals surface area contributed by atoms with Crippen LogP contribution in [0.25, 0.3) is 0 Å². The van der Waals surface area contributed by atoms with Crippen LogP contribution in [-0.2, 0) is 6.54 Å². The molecule has 2 atom stereocenters. The molecule has 0 unspecified atom stereocenters. The first kappa shape index (κ1) is 20.2. The van der Waals surface area contributed by atoms with Gasteiger partial charge in [0.15, 0.2) is 0 Å². The van der Waals surface area contributed by atoms with Crippen LogP contribution in [0, 0.1) is 0 Å². The van der Waals surface area contributed by atoms with Crippen LogP contribution in [-0.4, -0.2) is 89.2 Å². The number of carbonyl (C=O) groups is 1. The number of halogens is 2. The van der Waals surface area contributed by atoms with Gasteiger partial charge in [-0.25, -0.2) is 19.2 Å². The van der Waals surface area contributed by atoms with Gasteiger partial charge in [0, 0.05) is 57.7 Å². The van der Waals surface area contributed by atoms with E-state index in [9.17, 15) is 9.18 Å². The highest BCUT2D eigenvalue weighted by Crippen LogP contribution is 2.22. The normalized spacial score (nSPS) is 23.8. The van der Waals surface area contributed by atoms with Crippen molar-refractivity contribution in [3.8, 4) is 0 Å². The lowest BCUT2D eigenvalue weighted by molar-refractivity contribution is 0.170. The minimum atomic E-state index is -0.795. The Labute approximate surface area is 165 Å². The molecule has 0 saturated carbocycles. The molecule has 1 aromatic rings. The summed E-state index contributed by atoms with van der Waals surface area (Å²) in [6, 6.07) is 1.95. The van der Waals surface area contributed by atoms with E-state index in [1.807, 2.05) is 11.9 Å². The second-order valence-corrected chi connectivity index (χ2v) is 6.56. The Morgan fingerprint density at radius 2 is 2.16 bits per heavy atom. The molecule has 0 bridgehead atoms. The average molecular weight is 464 g/mol. The number of urea groups is 1. The van der Waals surface area contributed by atoms with E-state index in [1.54, 1.807) is 18.5 Å². The van der Waals surface area contributed by atoms with Crippen LogP contribution in [0.4, 0.5) is 9.18 Å². The second-order valence-electron chi connectivity index (χ2n) is 6.56. The third-order valence-electron chi connectivity index (χ3n) is 4.66. The van der Waals surface area contributed by atoms with Crippen molar-refractivity contribution in [2.45, 2.75) is 25.2 Å². The number of aromatic nitrogens is 2. The first-order valence-corrected chi connectivity index (χ1v) is 8.47. The van der Waals surface area contributed by atoms with Crippen LogP contribution in [0.15, 0.2) is 18.5 Å². The summed E-state index contributed by atoms with van der Waals surface area (Å²) in [5, 5.41) is 2.80. The molecule has 0 aliphatic carbocycles. The molecule has 7 nitrogen and oxygen atoms in total. The fourth-order valence-corrected chi connectivity index (χ4v) is 3.37. The molecular weight excluding hydrogens is 438 g/mol. The lowest BCUT2D eigenvalue weighted by atomic mass is 10.2. The van der Waals surface area contributed by atoms with Gasteiger partial charge in [-0.1, -0.05) is 0 Å². The van der Waals surface area contributed by atoms with Crippen molar-refractivity contribution >= 4 is 30.0 Å². The summed E-state index contributed by atoms with van der Waals surface area (Å²) in [6.45, 7) is 4.77. The van der Waals surface area contributed by atoms with Gasteiger partial charge in [0.25, 0.3) is 0 Å². The zero-order valence-electron chi connectivity index (χ0n) is 14.5. The first-order valence-electron chi connectivity index (χ1n) is 8.47. The van der Waals surface area contributed by atoms with Crippen molar-refractivity contribution in [1.29, 1.82) is 0 Å². The number of hydrogen-bond acceptors (Lipinski definition) is 5. The van der Waals surface area contributed by atoms with Gasteiger partial charge < -0.3 is 15.1 Å². The first-order chi connectivity index (χ1) is 11.6. The molecule has 0 spiro atoms. The van der Waals surface area contributed by atoms with Gasteiger partial charge in [-0.05, 0) is 19.5 Å². The highest BCUT2D eigenvalue weighted by molar-refractivity contribution is 14.0. The van der Waals surface area contributed by atoms with Gasteiger partial charge >= 0.3 is 6.03 Å². The van der Waals surface area contributed by atoms with Crippen LogP contribution < -0.4 is 5.32 Å². The Hall–Kier alpha value is -1.07. The number of alkyl halides is 1. The summed E-state index contributed by atoms with van der Waals surface area (Å²) < 4.78 is 13.9. The van der Waals surface area contributed by atoms with E-state index in [1.165, 1.54) is 0 Å². The highest BCUT2D eigenvalue weighted by atomic mass is 127. The maximum absolute atomic E-state index is 13.9. The predicted octanol–water partition coefficient (Wildman–Crippen LogP) is 0.964. The fraction of sp³-hybridized carbons (Fsp3) is 0.688. The summed E-state index contributed by atoms with van der Waals surface area (Å²) in [5.74, 6) is 0.730. The van der Waals surface area contributed by atoms with Crippen molar-refractivity contribution in [3.05, 3.63) is 24.3 Å². The van der Waals surface area contributed by atoms with Crippen LogP contribution >= 0.6 is 24.0 Å². The summed E-state index contributed by atoms with van der Waals surface area (Å²) in [4.78, 5) is 26.1. The number of carbonyl (C=O) groups excluding carboxylic acids is 1. The number of likely N-dealkylation sites (N-methyl/N-ethyl adjacent to an activating group) is 1. The fourth-order valence-electron chi connectivity index (χ4n) is 3.37. The lowest BCUT2D eigenvalue weighted by Crippen LogP contribution is -2.42. The predicted molar refractivity (Wildman–Crippen MR) is 104 cm³/mol. The summed E-state index contributed by atoms with van der Waals surface area (Å²) >= 11 is 0. The molecule has 3 heterocycles. The SMILES string of the molecule is CN(CCN1CCNC1=O)C[C@@H]1C[C@H](F)CN1Cc1ncccn1.I. The van der Waals surface area contributed by atoms with Gasteiger partial charge in [0.2, 0.25) is 0 Å².